The zero-order chi connectivity index (χ0) is 21.1. The van der Waals surface area contributed by atoms with Crippen molar-refractivity contribution in [1.82, 2.24) is 4.40 Å². The summed E-state index contributed by atoms with van der Waals surface area (Å²) in [5.74, 6) is -0.290. The number of benzene rings is 1. The van der Waals surface area contributed by atoms with Crippen molar-refractivity contribution < 1.29 is 24.0 Å². The fraction of sp³-hybridized carbons (Fsp3) is 0.200. The third-order valence-electron chi connectivity index (χ3n) is 4.34. The highest BCUT2D eigenvalue weighted by Gasteiger charge is 2.21. The Balaban J connectivity index is 1.99. The molecule has 0 unspecified atom stereocenters. The van der Waals surface area contributed by atoms with Gasteiger partial charge >= 0.3 is 11.8 Å². The lowest BCUT2D eigenvalue weighted by Crippen LogP contribution is -2.13. The van der Waals surface area contributed by atoms with Crippen LogP contribution in [0.3, 0.4) is 0 Å². The summed E-state index contributed by atoms with van der Waals surface area (Å²) in [5, 5.41) is 13.7. The molecule has 0 saturated carbocycles. The van der Waals surface area contributed by atoms with Gasteiger partial charge in [-0.05, 0) is 49.7 Å². The predicted molar refractivity (Wildman–Crippen MR) is 106 cm³/mol. The Morgan fingerprint density at radius 3 is 2.62 bits per heavy atom. The van der Waals surface area contributed by atoms with Gasteiger partial charge in [-0.2, -0.15) is 0 Å². The summed E-state index contributed by atoms with van der Waals surface area (Å²) in [5.41, 5.74) is 2.43. The normalized spacial score (nSPS) is 10.6. The molecule has 1 aromatic carbocycles. The highest BCUT2D eigenvalue weighted by molar-refractivity contribution is 6.10. The molecule has 0 radical (unpaired) electrons. The summed E-state index contributed by atoms with van der Waals surface area (Å²) < 4.78 is 11.6. The Morgan fingerprint density at radius 1 is 1.21 bits per heavy atom. The van der Waals surface area contributed by atoms with Crippen molar-refractivity contribution in [3.05, 3.63) is 69.5 Å². The fourth-order valence-electron chi connectivity index (χ4n) is 3.07. The number of hydrogen-bond acceptors (Lipinski definition) is 6. The van der Waals surface area contributed by atoms with Crippen molar-refractivity contribution in [1.29, 1.82) is 0 Å². The Bertz CT molecular complexity index is 1120. The number of carbonyl (C=O) groups excluding carboxylic acids is 2. The van der Waals surface area contributed by atoms with Crippen LogP contribution in [0, 0.1) is 17.0 Å². The third kappa shape index (κ3) is 3.88. The first-order chi connectivity index (χ1) is 13.8. The Labute approximate surface area is 166 Å². The van der Waals surface area contributed by atoms with E-state index in [1.807, 2.05) is 6.07 Å². The number of ketones is 1. The van der Waals surface area contributed by atoms with Gasteiger partial charge in [0, 0.05) is 29.0 Å². The summed E-state index contributed by atoms with van der Waals surface area (Å²) in [6.07, 6.45) is 1.11. The fourth-order valence-corrected chi connectivity index (χ4v) is 3.07. The molecule has 1 amide bonds. The number of ether oxygens (including phenoxy) is 2. The predicted octanol–water partition coefficient (Wildman–Crippen LogP) is 3.96. The van der Waals surface area contributed by atoms with Gasteiger partial charge in [-0.15, -0.1) is 0 Å². The van der Waals surface area contributed by atoms with Gasteiger partial charge in [0.25, 0.3) is 0 Å². The molecule has 0 saturated heterocycles. The van der Waals surface area contributed by atoms with Crippen LogP contribution in [0.25, 0.3) is 5.52 Å². The van der Waals surface area contributed by atoms with Crippen LogP contribution in [0.5, 0.6) is 5.75 Å². The van der Waals surface area contributed by atoms with Crippen molar-refractivity contribution in [2.24, 2.45) is 0 Å². The molecule has 3 aromatic rings. The molecule has 9 heteroatoms. The van der Waals surface area contributed by atoms with Gasteiger partial charge in [-0.1, -0.05) is 0 Å². The van der Waals surface area contributed by atoms with Crippen LogP contribution in [0.15, 0.2) is 42.6 Å². The van der Waals surface area contributed by atoms with Crippen molar-refractivity contribution in [2.75, 3.05) is 19.0 Å². The Hall–Kier alpha value is -3.88. The van der Waals surface area contributed by atoms with E-state index >= 15 is 0 Å². The van der Waals surface area contributed by atoms with E-state index in [-0.39, 0.29) is 29.4 Å². The number of hydrogen-bond donors (Lipinski definition) is 1. The quantitative estimate of drug-likeness (QED) is 0.383. The number of fused-ring (bicyclic) bond motifs is 1. The van der Waals surface area contributed by atoms with Gasteiger partial charge in [0.2, 0.25) is 5.78 Å². The third-order valence-corrected chi connectivity index (χ3v) is 4.34. The molecule has 0 aliphatic carbocycles. The summed E-state index contributed by atoms with van der Waals surface area (Å²) in [6.45, 7) is 3.77. The molecule has 0 aliphatic heterocycles. The van der Waals surface area contributed by atoms with Crippen molar-refractivity contribution in [3.8, 4) is 5.75 Å². The van der Waals surface area contributed by atoms with Gasteiger partial charge in [0.1, 0.15) is 0 Å². The molecular weight excluding hydrogens is 378 g/mol. The zero-order valence-electron chi connectivity index (χ0n) is 16.1. The molecule has 1 N–H and O–H groups in total. The minimum atomic E-state index is -0.566. The van der Waals surface area contributed by atoms with E-state index < -0.39 is 11.0 Å². The molecule has 0 spiro atoms. The van der Waals surface area contributed by atoms with Crippen molar-refractivity contribution in [3.63, 3.8) is 0 Å². The van der Waals surface area contributed by atoms with Gasteiger partial charge in [-0.3, -0.25) is 20.2 Å². The molecule has 3 rings (SSSR count). The smallest absolute Gasteiger partial charge is 0.411 e. The second kappa shape index (κ2) is 8.01. The Morgan fingerprint density at radius 2 is 1.97 bits per heavy atom. The van der Waals surface area contributed by atoms with Crippen molar-refractivity contribution in [2.45, 2.75) is 13.8 Å². The highest BCUT2D eigenvalue weighted by Crippen LogP contribution is 2.29. The first-order valence-corrected chi connectivity index (χ1v) is 8.78. The molecule has 29 heavy (non-hydrogen) atoms. The number of nitro benzene ring substituents is 1. The highest BCUT2D eigenvalue weighted by atomic mass is 16.6. The van der Waals surface area contributed by atoms with E-state index in [0.29, 0.717) is 16.9 Å². The average molecular weight is 397 g/mol. The van der Waals surface area contributed by atoms with Crippen LogP contribution >= 0.6 is 0 Å². The number of nitrogens with one attached hydrogen (secondary N) is 1. The second-order valence-corrected chi connectivity index (χ2v) is 6.20. The van der Waals surface area contributed by atoms with Gasteiger partial charge in [0.05, 0.1) is 24.3 Å². The lowest BCUT2D eigenvalue weighted by molar-refractivity contribution is -0.385. The number of rotatable bonds is 6. The van der Waals surface area contributed by atoms with E-state index in [9.17, 15) is 19.7 Å². The van der Waals surface area contributed by atoms with Crippen molar-refractivity contribution >= 4 is 28.8 Å². The van der Waals surface area contributed by atoms with Crippen LogP contribution < -0.4 is 10.1 Å². The number of aromatic nitrogens is 1. The number of pyridine rings is 1. The van der Waals surface area contributed by atoms with Gasteiger partial charge in [-0.25, -0.2) is 4.79 Å². The number of carbonyl (C=O) groups is 2. The van der Waals surface area contributed by atoms with E-state index in [0.717, 1.165) is 5.56 Å². The maximum absolute atomic E-state index is 13.1. The molecule has 2 heterocycles. The lowest BCUT2D eigenvalue weighted by atomic mass is 10.0. The minimum absolute atomic E-state index is 0.0142. The van der Waals surface area contributed by atoms with Crippen LogP contribution in [0.2, 0.25) is 0 Å². The van der Waals surface area contributed by atoms with Crippen LogP contribution in [-0.4, -0.2) is 34.9 Å². The summed E-state index contributed by atoms with van der Waals surface area (Å²) in [4.78, 5) is 35.2. The van der Waals surface area contributed by atoms with Crippen LogP contribution in [0.1, 0.15) is 28.5 Å². The molecule has 0 aliphatic rings. The molecule has 9 nitrogen and oxygen atoms in total. The first kappa shape index (κ1) is 19.9. The van der Waals surface area contributed by atoms with Gasteiger partial charge < -0.3 is 13.9 Å². The molecule has 0 fully saturated rings. The monoisotopic (exact) mass is 397 g/mol. The maximum Gasteiger partial charge on any atom is 0.411 e. The Kier molecular flexibility index (Phi) is 5.49. The minimum Gasteiger partial charge on any atom is -0.490 e. The standard InChI is InChI=1S/C20H19N3O6/c1-4-29-20(25)21-14-7-8-22-15(11-14)9-12(2)18(22)19(24)13-5-6-16(23(26)27)17(10-13)28-3/h5-11H,4H2,1-3H3,(H,21,25). The average Bonchev–Trinajstić information content (AvgIpc) is 3.01. The number of methoxy groups -OCH3 is 1. The van der Waals surface area contributed by atoms with Crippen LogP contribution in [0.4, 0.5) is 16.2 Å². The number of nitro groups is 1. The lowest BCUT2D eigenvalue weighted by Gasteiger charge is -2.08. The summed E-state index contributed by atoms with van der Waals surface area (Å²) in [7, 11) is 1.31. The topological polar surface area (TPSA) is 112 Å². The van der Waals surface area contributed by atoms with E-state index in [1.165, 1.54) is 25.3 Å². The summed E-state index contributed by atoms with van der Waals surface area (Å²) >= 11 is 0. The SMILES string of the molecule is CCOC(=O)Nc1ccn2c(C(=O)c3ccc([N+](=O)[O-])c(OC)c3)c(C)cc2c1. The molecule has 0 bridgehead atoms. The number of aryl methyl sites for hydroxylation is 1. The largest absolute Gasteiger partial charge is 0.490 e. The second-order valence-electron chi connectivity index (χ2n) is 6.20. The molecule has 2 aromatic heterocycles. The molecule has 0 atom stereocenters. The number of amides is 1. The van der Waals surface area contributed by atoms with Gasteiger partial charge in [0.15, 0.2) is 5.75 Å². The number of nitrogens with zero attached hydrogens (tertiary/aromatic N) is 2. The number of anilines is 1. The van der Waals surface area contributed by atoms with E-state index in [4.69, 9.17) is 9.47 Å². The van der Waals surface area contributed by atoms with E-state index in [1.54, 1.807) is 36.6 Å². The zero-order valence-corrected chi connectivity index (χ0v) is 16.1. The first-order valence-electron chi connectivity index (χ1n) is 8.78. The maximum atomic E-state index is 13.1. The van der Waals surface area contributed by atoms with E-state index in [2.05, 4.69) is 5.32 Å². The molecular formula is C20H19N3O6. The summed E-state index contributed by atoms with van der Waals surface area (Å²) in [6, 6.07) is 9.19. The van der Waals surface area contributed by atoms with Crippen LogP contribution in [-0.2, 0) is 4.74 Å². The molecule has 150 valence electrons.